The number of anilines is 1. The predicted molar refractivity (Wildman–Crippen MR) is 117 cm³/mol. The summed E-state index contributed by atoms with van der Waals surface area (Å²) < 4.78 is 11.4. The third-order valence-corrected chi connectivity index (χ3v) is 6.36. The Morgan fingerprint density at radius 3 is 2.87 bits per heavy atom. The SMILES string of the molecule is COc1cncc(CNCc2nc3cc(Cl)c4c(c3o2)C2(CCCCC2)NC(=O)N4)c1. The fourth-order valence-corrected chi connectivity index (χ4v) is 4.92. The number of halogens is 1. The van der Waals surface area contributed by atoms with Gasteiger partial charge in [0.25, 0.3) is 0 Å². The molecule has 9 heteroatoms. The molecule has 1 saturated carbocycles. The van der Waals surface area contributed by atoms with Crippen molar-refractivity contribution in [1.29, 1.82) is 0 Å². The van der Waals surface area contributed by atoms with E-state index in [4.69, 9.17) is 20.8 Å². The Kier molecular flexibility index (Phi) is 5.19. The molecule has 0 saturated heterocycles. The van der Waals surface area contributed by atoms with E-state index in [9.17, 15) is 4.79 Å². The number of pyridine rings is 1. The second-order valence-corrected chi connectivity index (χ2v) is 8.53. The van der Waals surface area contributed by atoms with Gasteiger partial charge in [-0.05, 0) is 30.5 Å². The number of oxazole rings is 1. The van der Waals surface area contributed by atoms with Crippen LogP contribution in [0, 0.1) is 0 Å². The van der Waals surface area contributed by atoms with E-state index in [1.165, 1.54) is 0 Å². The van der Waals surface area contributed by atoms with Crippen molar-refractivity contribution < 1.29 is 13.9 Å². The molecule has 0 bridgehead atoms. The lowest BCUT2D eigenvalue weighted by Crippen LogP contribution is -2.52. The molecule has 0 atom stereocenters. The Labute approximate surface area is 184 Å². The number of hydrogen-bond donors (Lipinski definition) is 3. The number of carbonyl (C=O) groups is 1. The second kappa shape index (κ2) is 8.01. The van der Waals surface area contributed by atoms with Gasteiger partial charge in [-0.3, -0.25) is 4.98 Å². The summed E-state index contributed by atoms with van der Waals surface area (Å²) in [6.07, 6.45) is 8.44. The van der Waals surface area contributed by atoms with Crippen LogP contribution < -0.4 is 20.7 Å². The molecular weight excluding hydrogens is 418 g/mol. The molecule has 2 aromatic heterocycles. The molecule has 31 heavy (non-hydrogen) atoms. The van der Waals surface area contributed by atoms with Crippen LogP contribution in [0.15, 0.2) is 28.9 Å². The van der Waals surface area contributed by atoms with Crippen LogP contribution in [0.3, 0.4) is 0 Å². The molecule has 2 amide bonds. The smallest absolute Gasteiger partial charge is 0.319 e. The molecule has 8 nitrogen and oxygen atoms in total. The first-order valence-electron chi connectivity index (χ1n) is 10.5. The standard InChI is InChI=1S/C22H24ClN5O3/c1-30-14-7-13(9-24-11-14)10-25-12-17-26-16-8-15(23)19-18(20(16)31-17)22(28-21(29)27-19)5-3-2-4-6-22/h7-9,11,25H,2-6,10,12H2,1H3,(H2,27,28,29). The van der Waals surface area contributed by atoms with Gasteiger partial charge in [0.05, 0.1) is 36.1 Å². The monoisotopic (exact) mass is 441 g/mol. The molecule has 0 unspecified atom stereocenters. The minimum atomic E-state index is -0.463. The molecule has 3 aromatic rings. The molecule has 1 aliphatic carbocycles. The predicted octanol–water partition coefficient (Wildman–Crippen LogP) is 4.47. The van der Waals surface area contributed by atoms with Gasteiger partial charge in [-0.2, -0.15) is 0 Å². The Bertz CT molecular complexity index is 1140. The van der Waals surface area contributed by atoms with Crippen molar-refractivity contribution in [3.05, 3.63) is 46.6 Å². The highest BCUT2D eigenvalue weighted by Gasteiger charge is 2.44. The van der Waals surface area contributed by atoms with Crippen LogP contribution in [-0.4, -0.2) is 23.1 Å². The average Bonchev–Trinajstić information content (AvgIpc) is 3.16. The first-order chi connectivity index (χ1) is 15.1. The van der Waals surface area contributed by atoms with Crippen LogP contribution in [-0.2, 0) is 18.6 Å². The average molecular weight is 442 g/mol. The number of ether oxygens (including phenoxy) is 1. The summed E-state index contributed by atoms with van der Waals surface area (Å²) in [4.78, 5) is 21.2. The number of benzene rings is 1. The molecule has 3 heterocycles. The summed E-state index contributed by atoms with van der Waals surface area (Å²) in [5.41, 5.74) is 3.49. The zero-order valence-electron chi connectivity index (χ0n) is 17.3. The third-order valence-electron chi connectivity index (χ3n) is 6.06. The zero-order valence-corrected chi connectivity index (χ0v) is 18.0. The van der Waals surface area contributed by atoms with Crippen molar-refractivity contribution in [2.24, 2.45) is 0 Å². The lowest BCUT2D eigenvalue weighted by Gasteiger charge is -2.42. The largest absolute Gasteiger partial charge is 0.495 e. The van der Waals surface area contributed by atoms with E-state index in [1.54, 1.807) is 25.6 Å². The van der Waals surface area contributed by atoms with Crippen LogP contribution in [0.5, 0.6) is 5.75 Å². The normalized spacial score (nSPS) is 17.3. The molecular formula is C22H24ClN5O3. The molecule has 1 spiro atoms. The Morgan fingerprint density at radius 1 is 1.23 bits per heavy atom. The van der Waals surface area contributed by atoms with E-state index in [0.29, 0.717) is 40.8 Å². The van der Waals surface area contributed by atoms with Gasteiger partial charge < -0.3 is 25.1 Å². The van der Waals surface area contributed by atoms with Gasteiger partial charge in [-0.1, -0.05) is 30.9 Å². The highest BCUT2D eigenvalue weighted by Crippen LogP contribution is 2.48. The number of nitrogens with one attached hydrogen (secondary N) is 3. The molecule has 2 aliphatic rings. The van der Waals surface area contributed by atoms with Gasteiger partial charge >= 0.3 is 6.03 Å². The van der Waals surface area contributed by atoms with Gasteiger partial charge in [0.2, 0.25) is 5.89 Å². The number of amides is 2. The third kappa shape index (κ3) is 3.70. The maximum Gasteiger partial charge on any atom is 0.319 e. The van der Waals surface area contributed by atoms with Crippen molar-refractivity contribution in [3.8, 4) is 5.75 Å². The number of hydrogen-bond acceptors (Lipinski definition) is 6. The Morgan fingerprint density at radius 2 is 2.06 bits per heavy atom. The van der Waals surface area contributed by atoms with E-state index in [1.807, 2.05) is 6.07 Å². The maximum absolute atomic E-state index is 12.4. The number of urea groups is 1. The quantitative estimate of drug-likeness (QED) is 0.540. The molecule has 162 valence electrons. The topological polar surface area (TPSA) is 101 Å². The fraction of sp³-hybridized carbons (Fsp3) is 0.409. The summed E-state index contributed by atoms with van der Waals surface area (Å²) in [7, 11) is 1.62. The summed E-state index contributed by atoms with van der Waals surface area (Å²) >= 11 is 6.55. The number of fused-ring (bicyclic) bond motifs is 4. The van der Waals surface area contributed by atoms with Crippen molar-refractivity contribution in [2.45, 2.75) is 50.7 Å². The maximum atomic E-state index is 12.4. The molecule has 1 aromatic carbocycles. The number of nitrogens with zero attached hydrogens (tertiary/aromatic N) is 2. The number of rotatable bonds is 5. The van der Waals surface area contributed by atoms with Gasteiger partial charge in [0, 0.05) is 18.3 Å². The van der Waals surface area contributed by atoms with Crippen LogP contribution in [0.25, 0.3) is 11.1 Å². The minimum absolute atomic E-state index is 0.219. The first-order valence-corrected chi connectivity index (χ1v) is 10.9. The number of aromatic nitrogens is 2. The summed E-state index contributed by atoms with van der Waals surface area (Å²) in [5, 5.41) is 9.85. The van der Waals surface area contributed by atoms with Crippen molar-refractivity contribution in [1.82, 2.24) is 20.6 Å². The Balaban J connectivity index is 1.45. The van der Waals surface area contributed by atoms with Gasteiger partial charge in [-0.25, -0.2) is 9.78 Å². The van der Waals surface area contributed by atoms with E-state index in [-0.39, 0.29) is 6.03 Å². The van der Waals surface area contributed by atoms with E-state index in [2.05, 4.69) is 25.9 Å². The molecule has 1 fully saturated rings. The van der Waals surface area contributed by atoms with Crippen molar-refractivity contribution >= 4 is 34.4 Å². The summed E-state index contributed by atoms with van der Waals surface area (Å²) in [6.45, 7) is 1.05. The molecule has 3 N–H and O–H groups in total. The van der Waals surface area contributed by atoms with E-state index in [0.717, 1.165) is 49.0 Å². The zero-order chi connectivity index (χ0) is 21.4. The van der Waals surface area contributed by atoms with Crippen LogP contribution in [0.1, 0.15) is 49.1 Å². The first kappa shape index (κ1) is 20.1. The van der Waals surface area contributed by atoms with Gasteiger partial charge in [0.1, 0.15) is 11.3 Å². The van der Waals surface area contributed by atoms with Crippen LogP contribution in [0.4, 0.5) is 10.5 Å². The lowest BCUT2D eigenvalue weighted by molar-refractivity contribution is 0.209. The second-order valence-electron chi connectivity index (χ2n) is 8.12. The fourth-order valence-electron chi connectivity index (χ4n) is 4.68. The lowest BCUT2D eigenvalue weighted by atomic mass is 9.74. The van der Waals surface area contributed by atoms with Crippen LogP contribution >= 0.6 is 11.6 Å². The Hall–Kier alpha value is -2.84. The summed E-state index contributed by atoms with van der Waals surface area (Å²) in [6, 6.07) is 3.48. The molecule has 0 radical (unpaired) electrons. The molecule has 1 aliphatic heterocycles. The van der Waals surface area contributed by atoms with E-state index < -0.39 is 5.54 Å². The van der Waals surface area contributed by atoms with Gasteiger partial charge in [-0.15, -0.1) is 0 Å². The highest BCUT2D eigenvalue weighted by molar-refractivity contribution is 6.35. The van der Waals surface area contributed by atoms with Crippen molar-refractivity contribution in [3.63, 3.8) is 0 Å². The van der Waals surface area contributed by atoms with Crippen LogP contribution in [0.2, 0.25) is 5.02 Å². The number of carbonyl (C=O) groups excluding carboxylic acids is 1. The van der Waals surface area contributed by atoms with E-state index >= 15 is 0 Å². The highest BCUT2D eigenvalue weighted by atomic mass is 35.5. The van der Waals surface area contributed by atoms with Crippen molar-refractivity contribution in [2.75, 3.05) is 12.4 Å². The van der Waals surface area contributed by atoms with Gasteiger partial charge in [0.15, 0.2) is 5.58 Å². The minimum Gasteiger partial charge on any atom is -0.495 e. The molecule has 5 rings (SSSR count). The number of methoxy groups -OCH3 is 1. The summed E-state index contributed by atoms with van der Waals surface area (Å²) in [5.74, 6) is 1.29.